The summed E-state index contributed by atoms with van der Waals surface area (Å²) >= 11 is -1.19. The van der Waals surface area contributed by atoms with Crippen LogP contribution >= 0.6 is 0 Å². The Labute approximate surface area is 165 Å². The molecule has 2 N–H and O–H groups in total. The first-order chi connectivity index (χ1) is 13.7. The first-order valence-electron chi connectivity index (χ1n) is 9.33. The van der Waals surface area contributed by atoms with E-state index in [0.717, 1.165) is 45.5 Å². The summed E-state index contributed by atoms with van der Waals surface area (Å²) in [7, 11) is 0. The average Bonchev–Trinajstić information content (AvgIpc) is 3.43. The Morgan fingerprint density at radius 3 is 2.89 bits per heavy atom. The van der Waals surface area contributed by atoms with Gasteiger partial charge in [-0.1, -0.05) is 17.7 Å². The van der Waals surface area contributed by atoms with Gasteiger partial charge in [-0.25, -0.2) is 9.97 Å². The molecule has 0 bridgehead atoms. The number of aromatic nitrogens is 4. The number of aromatic amines is 1. The van der Waals surface area contributed by atoms with Crippen molar-refractivity contribution in [1.82, 2.24) is 23.8 Å². The SMILES string of the molecule is Cc1ccc([S+]([O-])N2CCC(n3c(CO)nc4cnc5[nH]ccc5c43)C2)cc1. The fraction of sp³-hybridized carbons (Fsp3) is 0.300. The number of imidazole rings is 1. The van der Waals surface area contributed by atoms with Gasteiger partial charge in [0.15, 0.2) is 4.90 Å². The predicted octanol–water partition coefficient (Wildman–Crippen LogP) is 2.68. The van der Waals surface area contributed by atoms with E-state index in [-0.39, 0.29) is 12.6 Å². The second-order valence-corrected chi connectivity index (χ2v) is 8.67. The average molecular weight is 395 g/mol. The number of aliphatic hydroxyl groups excluding tert-OH is 1. The molecule has 1 saturated heterocycles. The zero-order chi connectivity index (χ0) is 19.3. The number of aryl methyl sites for hydroxylation is 1. The van der Waals surface area contributed by atoms with Gasteiger partial charge >= 0.3 is 0 Å². The van der Waals surface area contributed by atoms with Gasteiger partial charge < -0.3 is 19.2 Å². The van der Waals surface area contributed by atoms with E-state index in [1.54, 1.807) is 6.20 Å². The van der Waals surface area contributed by atoms with Crippen LogP contribution < -0.4 is 0 Å². The molecule has 0 saturated carbocycles. The lowest BCUT2D eigenvalue weighted by molar-refractivity contribution is 0.262. The number of fused-ring (bicyclic) bond motifs is 3. The molecule has 2 atom stereocenters. The third kappa shape index (κ3) is 2.80. The third-order valence-corrected chi connectivity index (χ3v) is 6.87. The maximum absolute atomic E-state index is 13.0. The molecule has 0 amide bonds. The molecular formula is C20H21N5O2S. The number of aliphatic hydroxyl groups is 1. The minimum Gasteiger partial charge on any atom is -0.593 e. The van der Waals surface area contributed by atoms with Crippen molar-refractivity contribution in [2.75, 3.05) is 13.1 Å². The molecule has 1 aliphatic rings. The molecule has 2 unspecified atom stereocenters. The minimum atomic E-state index is -1.19. The van der Waals surface area contributed by atoms with Crippen molar-refractivity contribution in [3.63, 3.8) is 0 Å². The monoisotopic (exact) mass is 395 g/mol. The summed E-state index contributed by atoms with van der Waals surface area (Å²) < 4.78 is 17.1. The minimum absolute atomic E-state index is 0.0991. The Kier molecular flexibility index (Phi) is 4.36. The van der Waals surface area contributed by atoms with Crippen molar-refractivity contribution in [3.05, 3.63) is 54.1 Å². The molecule has 8 heteroatoms. The summed E-state index contributed by atoms with van der Waals surface area (Å²) in [5.74, 6) is 0.624. The first-order valence-corrected chi connectivity index (χ1v) is 10.4. The quantitative estimate of drug-likeness (QED) is 0.518. The van der Waals surface area contributed by atoms with Gasteiger partial charge in [-0.15, -0.1) is 4.31 Å². The van der Waals surface area contributed by atoms with Crippen LogP contribution in [0.4, 0.5) is 0 Å². The highest BCUT2D eigenvalue weighted by Gasteiger charge is 2.35. The highest BCUT2D eigenvalue weighted by molar-refractivity contribution is 7.89. The largest absolute Gasteiger partial charge is 0.593 e. The van der Waals surface area contributed by atoms with Crippen LogP contribution in [0.1, 0.15) is 23.9 Å². The van der Waals surface area contributed by atoms with Crippen LogP contribution in [0, 0.1) is 6.92 Å². The third-order valence-electron chi connectivity index (χ3n) is 5.40. The van der Waals surface area contributed by atoms with Crippen molar-refractivity contribution >= 4 is 33.4 Å². The van der Waals surface area contributed by atoms with E-state index in [0.29, 0.717) is 12.4 Å². The maximum Gasteiger partial charge on any atom is 0.174 e. The Hall–Kier alpha value is -2.39. The lowest BCUT2D eigenvalue weighted by atomic mass is 10.2. The van der Waals surface area contributed by atoms with Crippen molar-refractivity contribution in [2.45, 2.75) is 30.9 Å². The Bertz CT molecular complexity index is 1140. The lowest BCUT2D eigenvalue weighted by Gasteiger charge is -2.20. The van der Waals surface area contributed by atoms with E-state index in [4.69, 9.17) is 0 Å². The van der Waals surface area contributed by atoms with Crippen molar-refractivity contribution in [2.24, 2.45) is 0 Å². The van der Waals surface area contributed by atoms with Crippen LogP contribution in [0.15, 0.2) is 47.6 Å². The number of hydrogen-bond acceptors (Lipinski definition) is 5. The summed E-state index contributed by atoms with van der Waals surface area (Å²) in [5.41, 5.74) is 3.70. The molecule has 5 rings (SSSR count). The molecule has 3 aromatic heterocycles. The van der Waals surface area contributed by atoms with Gasteiger partial charge in [0, 0.05) is 18.1 Å². The van der Waals surface area contributed by atoms with E-state index in [1.807, 2.05) is 47.8 Å². The number of nitrogens with one attached hydrogen (secondary N) is 1. The van der Waals surface area contributed by atoms with Gasteiger partial charge in [-0.2, -0.15) is 0 Å². The van der Waals surface area contributed by atoms with Gasteiger partial charge in [0.1, 0.15) is 23.6 Å². The standard InChI is InChI=1S/C20H21N5O2S/c1-13-2-4-15(5-3-13)28(27)24-9-7-14(11-24)25-18(12-26)23-17-10-22-20-16(19(17)25)6-8-21-20/h2-6,8,10,14,26H,7,9,11-12H2,1H3,(H,21,22). The number of hydrogen-bond donors (Lipinski definition) is 2. The van der Waals surface area contributed by atoms with E-state index in [9.17, 15) is 9.66 Å². The number of pyridine rings is 1. The summed E-state index contributed by atoms with van der Waals surface area (Å²) in [4.78, 5) is 12.9. The van der Waals surface area contributed by atoms with Gasteiger partial charge in [0.25, 0.3) is 0 Å². The Morgan fingerprint density at radius 2 is 2.11 bits per heavy atom. The van der Waals surface area contributed by atoms with Crippen LogP contribution in [-0.4, -0.2) is 46.6 Å². The van der Waals surface area contributed by atoms with E-state index < -0.39 is 11.4 Å². The summed E-state index contributed by atoms with van der Waals surface area (Å²) in [5, 5.41) is 10.9. The normalized spacial score (nSPS) is 19.0. The lowest BCUT2D eigenvalue weighted by Crippen LogP contribution is -2.29. The topological polar surface area (TPSA) is 93.0 Å². The molecule has 0 spiro atoms. The zero-order valence-electron chi connectivity index (χ0n) is 15.5. The molecule has 7 nitrogen and oxygen atoms in total. The van der Waals surface area contributed by atoms with Gasteiger partial charge in [-0.3, -0.25) is 0 Å². The van der Waals surface area contributed by atoms with Crippen molar-refractivity contribution in [1.29, 1.82) is 0 Å². The maximum atomic E-state index is 13.0. The van der Waals surface area contributed by atoms with Crippen LogP contribution in [-0.2, 0) is 18.0 Å². The highest BCUT2D eigenvalue weighted by atomic mass is 32.2. The Morgan fingerprint density at radius 1 is 1.29 bits per heavy atom. The fourth-order valence-corrected chi connectivity index (χ4v) is 5.27. The fourth-order valence-electron chi connectivity index (χ4n) is 4.02. The second kappa shape index (κ2) is 6.89. The van der Waals surface area contributed by atoms with E-state index >= 15 is 0 Å². The number of H-pyrrole nitrogens is 1. The molecule has 0 radical (unpaired) electrons. The first kappa shape index (κ1) is 17.7. The van der Waals surface area contributed by atoms with Crippen LogP contribution in [0.2, 0.25) is 0 Å². The highest BCUT2D eigenvalue weighted by Crippen LogP contribution is 2.33. The molecule has 4 heterocycles. The number of nitrogens with zero attached hydrogens (tertiary/aromatic N) is 4. The number of benzene rings is 1. The molecule has 1 fully saturated rings. The molecule has 0 aliphatic carbocycles. The van der Waals surface area contributed by atoms with Crippen LogP contribution in [0.5, 0.6) is 0 Å². The van der Waals surface area contributed by atoms with Crippen LogP contribution in [0.3, 0.4) is 0 Å². The molecule has 144 valence electrons. The van der Waals surface area contributed by atoms with Gasteiger partial charge in [0.05, 0.1) is 35.7 Å². The zero-order valence-corrected chi connectivity index (χ0v) is 16.3. The summed E-state index contributed by atoms with van der Waals surface area (Å²) in [6.07, 6.45) is 4.45. The predicted molar refractivity (Wildman–Crippen MR) is 108 cm³/mol. The Balaban J connectivity index is 1.51. The van der Waals surface area contributed by atoms with Crippen molar-refractivity contribution < 1.29 is 9.66 Å². The summed E-state index contributed by atoms with van der Waals surface area (Å²) in [6.45, 7) is 3.26. The summed E-state index contributed by atoms with van der Waals surface area (Å²) in [6, 6.07) is 9.93. The van der Waals surface area contributed by atoms with Gasteiger partial charge in [0.2, 0.25) is 0 Å². The molecular weight excluding hydrogens is 374 g/mol. The van der Waals surface area contributed by atoms with E-state index in [2.05, 4.69) is 19.5 Å². The molecule has 28 heavy (non-hydrogen) atoms. The number of rotatable bonds is 4. The second-order valence-electron chi connectivity index (χ2n) is 7.18. The molecule has 4 aromatic rings. The van der Waals surface area contributed by atoms with Gasteiger partial charge in [-0.05, 0) is 31.5 Å². The smallest absolute Gasteiger partial charge is 0.174 e. The van der Waals surface area contributed by atoms with E-state index in [1.165, 1.54) is 0 Å². The molecule has 1 aromatic carbocycles. The van der Waals surface area contributed by atoms with Crippen molar-refractivity contribution in [3.8, 4) is 0 Å². The molecule has 1 aliphatic heterocycles. The van der Waals surface area contributed by atoms with Crippen LogP contribution in [0.25, 0.3) is 22.1 Å².